The molecule has 0 spiro atoms. The number of nitrogens with one attached hydrogen (secondary N) is 2. The Balaban J connectivity index is 1.54. The first-order valence-corrected chi connectivity index (χ1v) is 10.5. The number of ether oxygens (including phenoxy) is 2. The van der Waals surface area contributed by atoms with Crippen molar-refractivity contribution in [3.63, 3.8) is 0 Å². The van der Waals surface area contributed by atoms with E-state index in [-0.39, 0.29) is 16.6 Å². The zero-order chi connectivity index (χ0) is 22.8. The van der Waals surface area contributed by atoms with Crippen LogP contribution in [0.5, 0.6) is 5.88 Å². The van der Waals surface area contributed by atoms with Crippen LogP contribution in [-0.2, 0) is 4.74 Å². The highest BCUT2D eigenvalue weighted by atomic mass is 19.1. The number of rotatable bonds is 5. The van der Waals surface area contributed by atoms with Gasteiger partial charge < -0.3 is 24.7 Å². The van der Waals surface area contributed by atoms with Crippen molar-refractivity contribution in [3.8, 4) is 17.1 Å². The number of morpholine rings is 1. The van der Waals surface area contributed by atoms with Gasteiger partial charge in [-0.15, -0.1) is 0 Å². The van der Waals surface area contributed by atoms with E-state index in [1.54, 1.807) is 24.4 Å². The second kappa shape index (κ2) is 8.87. The minimum absolute atomic E-state index is 0.150. The van der Waals surface area contributed by atoms with Gasteiger partial charge in [-0.3, -0.25) is 4.79 Å². The average Bonchev–Trinajstić information content (AvgIpc) is 2.87. The molecule has 0 bridgehead atoms. The van der Waals surface area contributed by atoms with Gasteiger partial charge in [0, 0.05) is 53.9 Å². The summed E-state index contributed by atoms with van der Waals surface area (Å²) in [5, 5.41) is 3.52. The zero-order valence-corrected chi connectivity index (χ0v) is 18.0. The summed E-state index contributed by atoms with van der Waals surface area (Å²) < 4.78 is 25.2. The number of methoxy groups -OCH3 is 1. The number of pyridine rings is 3. The van der Waals surface area contributed by atoms with Gasteiger partial charge in [-0.2, -0.15) is 0 Å². The molecule has 1 saturated heterocycles. The topological polar surface area (TPSA) is 92.4 Å². The summed E-state index contributed by atoms with van der Waals surface area (Å²) in [5.41, 5.74) is 2.54. The van der Waals surface area contributed by atoms with Crippen molar-refractivity contribution in [3.05, 3.63) is 71.0 Å². The van der Waals surface area contributed by atoms with Gasteiger partial charge in [0.15, 0.2) is 0 Å². The Morgan fingerprint density at radius 2 is 1.94 bits per heavy atom. The fourth-order valence-electron chi connectivity index (χ4n) is 3.85. The summed E-state index contributed by atoms with van der Waals surface area (Å²) in [6.45, 7) is 3.09. The Hall–Kier alpha value is -3.98. The fraction of sp³-hybridized carbons (Fsp3) is 0.208. The third-order valence-corrected chi connectivity index (χ3v) is 5.58. The highest BCUT2D eigenvalue weighted by Crippen LogP contribution is 2.30. The van der Waals surface area contributed by atoms with Crippen LogP contribution in [0, 0.1) is 5.82 Å². The van der Waals surface area contributed by atoms with Crippen LogP contribution in [0.1, 0.15) is 0 Å². The molecule has 2 N–H and O–H groups in total. The van der Waals surface area contributed by atoms with Crippen molar-refractivity contribution in [2.24, 2.45) is 0 Å². The van der Waals surface area contributed by atoms with E-state index in [0.717, 1.165) is 30.7 Å². The zero-order valence-electron chi connectivity index (χ0n) is 18.0. The fourth-order valence-corrected chi connectivity index (χ4v) is 3.85. The molecule has 1 aliphatic heterocycles. The van der Waals surface area contributed by atoms with Gasteiger partial charge in [-0.25, -0.2) is 14.4 Å². The van der Waals surface area contributed by atoms with E-state index in [1.165, 1.54) is 7.11 Å². The minimum atomic E-state index is -0.541. The molecule has 0 amide bonds. The molecular formula is C24H22FN5O3. The Kier molecular flexibility index (Phi) is 5.62. The standard InChI is InChI=1S/C24H22FN5O3/c1-32-21-7-2-15(13-26-21)20-12-18-19(25)14-27-24(31)22(18)23(29-20)28-16-3-5-17(6-4-16)30-8-10-33-11-9-30/h2-7,12-14H,8-11H2,1H3,(H,27,31)(H,28,29). The van der Waals surface area contributed by atoms with E-state index < -0.39 is 11.4 Å². The van der Waals surface area contributed by atoms with E-state index in [4.69, 9.17) is 9.47 Å². The number of anilines is 3. The summed E-state index contributed by atoms with van der Waals surface area (Å²) in [6, 6.07) is 12.9. The number of hydrogen-bond acceptors (Lipinski definition) is 7. The second-order valence-corrected chi connectivity index (χ2v) is 7.60. The number of aromatic amines is 1. The molecule has 5 rings (SSSR count). The number of fused-ring (bicyclic) bond motifs is 1. The van der Waals surface area contributed by atoms with Gasteiger partial charge >= 0.3 is 0 Å². The average molecular weight is 447 g/mol. The number of halogens is 1. The lowest BCUT2D eigenvalue weighted by atomic mass is 10.1. The van der Waals surface area contributed by atoms with Gasteiger partial charge in [-0.1, -0.05) is 0 Å². The molecule has 4 aromatic rings. The van der Waals surface area contributed by atoms with E-state index in [1.807, 2.05) is 24.3 Å². The number of hydrogen-bond donors (Lipinski definition) is 2. The normalized spacial score (nSPS) is 13.8. The smallest absolute Gasteiger partial charge is 0.259 e. The largest absolute Gasteiger partial charge is 0.481 e. The van der Waals surface area contributed by atoms with Crippen molar-refractivity contribution in [2.75, 3.05) is 43.6 Å². The van der Waals surface area contributed by atoms with Gasteiger partial charge in [0.25, 0.3) is 5.56 Å². The lowest BCUT2D eigenvalue weighted by molar-refractivity contribution is 0.122. The number of H-pyrrole nitrogens is 1. The predicted molar refractivity (Wildman–Crippen MR) is 125 cm³/mol. The molecule has 8 nitrogen and oxygen atoms in total. The quantitative estimate of drug-likeness (QED) is 0.482. The summed E-state index contributed by atoms with van der Waals surface area (Å²) in [5.74, 6) is 0.180. The number of nitrogens with zero attached hydrogens (tertiary/aromatic N) is 3. The third-order valence-electron chi connectivity index (χ3n) is 5.58. The molecule has 3 aromatic heterocycles. The minimum Gasteiger partial charge on any atom is -0.481 e. The van der Waals surface area contributed by atoms with Gasteiger partial charge in [-0.05, 0) is 36.4 Å². The molecule has 0 atom stereocenters. The van der Waals surface area contributed by atoms with Crippen LogP contribution in [0.3, 0.4) is 0 Å². The molecule has 1 fully saturated rings. The summed E-state index contributed by atoms with van der Waals surface area (Å²) in [4.78, 5) is 26.1. The van der Waals surface area contributed by atoms with Crippen LogP contribution in [0.2, 0.25) is 0 Å². The first-order valence-electron chi connectivity index (χ1n) is 10.5. The van der Waals surface area contributed by atoms with Gasteiger partial charge in [0.05, 0.1) is 31.4 Å². The highest BCUT2D eigenvalue weighted by Gasteiger charge is 2.16. The van der Waals surface area contributed by atoms with Crippen molar-refractivity contribution in [2.45, 2.75) is 0 Å². The number of aromatic nitrogens is 3. The molecule has 0 unspecified atom stereocenters. The molecule has 0 aliphatic carbocycles. The van der Waals surface area contributed by atoms with E-state index >= 15 is 0 Å². The molecule has 168 valence electrons. The molecular weight excluding hydrogens is 425 g/mol. The van der Waals surface area contributed by atoms with Crippen LogP contribution in [0.4, 0.5) is 21.6 Å². The van der Waals surface area contributed by atoms with E-state index in [2.05, 4.69) is 25.2 Å². The monoisotopic (exact) mass is 447 g/mol. The predicted octanol–water partition coefficient (Wildman–Crippen LogP) is 3.71. The second-order valence-electron chi connectivity index (χ2n) is 7.60. The Morgan fingerprint density at radius 1 is 1.15 bits per heavy atom. The molecule has 1 aromatic carbocycles. The van der Waals surface area contributed by atoms with E-state index in [9.17, 15) is 9.18 Å². The van der Waals surface area contributed by atoms with Crippen LogP contribution >= 0.6 is 0 Å². The van der Waals surface area contributed by atoms with Gasteiger partial charge in [0.1, 0.15) is 11.6 Å². The van der Waals surface area contributed by atoms with Crippen LogP contribution in [0.25, 0.3) is 22.0 Å². The number of benzene rings is 1. The molecule has 0 saturated carbocycles. The maximum absolute atomic E-state index is 14.7. The van der Waals surface area contributed by atoms with E-state index in [0.29, 0.717) is 30.4 Å². The molecule has 4 heterocycles. The lowest BCUT2D eigenvalue weighted by Crippen LogP contribution is -2.36. The van der Waals surface area contributed by atoms with Crippen LogP contribution < -0.4 is 20.5 Å². The molecule has 33 heavy (non-hydrogen) atoms. The summed E-state index contributed by atoms with van der Waals surface area (Å²) in [7, 11) is 1.53. The Labute approximate surface area is 189 Å². The maximum Gasteiger partial charge on any atom is 0.259 e. The lowest BCUT2D eigenvalue weighted by Gasteiger charge is -2.28. The van der Waals surface area contributed by atoms with Crippen molar-refractivity contribution in [1.82, 2.24) is 15.0 Å². The summed E-state index contributed by atoms with van der Waals surface area (Å²) in [6.07, 6.45) is 2.65. The first-order chi connectivity index (χ1) is 16.1. The first kappa shape index (κ1) is 20.9. The molecule has 0 radical (unpaired) electrons. The Bertz CT molecular complexity index is 1330. The summed E-state index contributed by atoms with van der Waals surface area (Å²) >= 11 is 0. The SMILES string of the molecule is COc1ccc(-c2cc3c(F)c[nH]c(=O)c3c(Nc3ccc(N4CCOCC4)cc3)n2)cn1. The molecule has 1 aliphatic rings. The van der Waals surface area contributed by atoms with Crippen LogP contribution in [-0.4, -0.2) is 48.4 Å². The maximum atomic E-state index is 14.7. The Morgan fingerprint density at radius 3 is 2.64 bits per heavy atom. The highest BCUT2D eigenvalue weighted by molar-refractivity contribution is 5.95. The van der Waals surface area contributed by atoms with Crippen molar-refractivity contribution in [1.29, 1.82) is 0 Å². The van der Waals surface area contributed by atoms with Crippen molar-refractivity contribution < 1.29 is 13.9 Å². The van der Waals surface area contributed by atoms with Crippen LogP contribution in [0.15, 0.2) is 59.7 Å². The van der Waals surface area contributed by atoms with Crippen molar-refractivity contribution >= 4 is 28.0 Å². The third kappa shape index (κ3) is 4.22. The molecule has 9 heteroatoms. The van der Waals surface area contributed by atoms with Gasteiger partial charge in [0.2, 0.25) is 5.88 Å².